The Morgan fingerprint density at radius 1 is 1.08 bits per heavy atom. The number of H-pyrrole nitrogens is 1. The molecular weight excluding hydrogens is 444 g/mol. The minimum atomic E-state index is 0.0159. The lowest BCUT2D eigenvalue weighted by atomic mass is 9.73. The number of amides is 1. The van der Waals surface area contributed by atoms with Crippen molar-refractivity contribution in [1.29, 1.82) is 0 Å². The SMILES string of the molecule is CN(C)C(=O)c1ccc(-c2c[nH]c3ncc(-c4cc5c6c(c4)C4(CC4)N(C)CC6CCC5)cc23)cc1. The van der Waals surface area contributed by atoms with Crippen molar-refractivity contribution in [3.63, 3.8) is 0 Å². The van der Waals surface area contributed by atoms with Gasteiger partial charge >= 0.3 is 0 Å². The Balaban J connectivity index is 1.32. The zero-order valence-electron chi connectivity index (χ0n) is 21.3. The van der Waals surface area contributed by atoms with Gasteiger partial charge in [-0.3, -0.25) is 9.69 Å². The molecule has 1 fully saturated rings. The van der Waals surface area contributed by atoms with Gasteiger partial charge in [0.05, 0.1) is 0 Å². The van der Waals surface area contributed by atoms with E-state index in [9.17, 15) is 4.79 Å². The first-order valence-corrected chi connectivity index (χ1v) is 13.1. The number of pyridine rings is 1. The van der Waals surface area contributed by atoms with Gasteiger partial charge in [-0.2, -0.15) is 0 Å². The van der Waals surface area contributed by atoms with Gasteiger partial charge in [0.2, 0.25) is 0 Å². The number of aromatic nitrogens is 2. The van der Waals surface area contributed by atoms with E-state index in [0.717, 1.165) is 22.2 Å². The number of hydrogen-bond acceptors (Lipinski definition) is 3. The minimum absolute atomic E-state index is 0.0159. The third-order valence-corrected chi connectivity index (χ3v) is 8.84. The largest absolute Gasteiger partial charge is 0.346 e. The number of hydrogen-bond donors (Lipinski definition) is 1. The average molecular weight is 477 g/mol. The zero-order chi connectivity index (χ0) is 24.6. The summed E-state index contributed by atoms with van der Waals surface area (Å²) in [6.07, 6.45) is 10.4. The first-order chi connectivity index (χ1) is 17.4. The van der Waals surface area contributed by atoms with Crippen LogP contribution in [0.3, 0.4) is 0 Å². The zero-order valence-corrected chi connectivity index (χ0v) is 21.3. The fraction of sp³-hybridized carbons (Fsp3) is 0.355. The van der Waals surface area contributed by atoms with Gasteiger partial charge in [-0.25, -0.2) is 4.98 Å². The normalized spacial score (nSPS) is 19.9. The molecule has 1 aliphatic heterocycles. The summed E-state index contributed by atoms with van der Waals surface area (Å²) in [5.41, 5.74) is 11.3. The van der Waals surface area contributed by atoms with Crippen LogP contribution in [0.4, 0.5) is 0 Å². The number of aryl methyl sites for hydroxylation is 1. The molecule has 7 rings (SSSR count). The van der Waals surface area contributed by atoms with Crippen molar-refractivity contribution in [2.24, 2.45) is 0 Å². The van der Waals surface area contributed by atoms with Gasteiger partial charge in [0.25, 0.3) is 5.91 Å². The summed E-state index contributed by atoms with van der Waals surface area (Å²) in [5, 5.41) is 1.11. The number of likely N-dealkylation sites (N-methyl/N-ethyl adjacent to an activating group) is 1. The summed E-state index contributed by atoms with van der Waals surface area (Å²) in [5.74, 6) is 0.704. The van der Waals surface area contributed by atoms with E-state index in [1.807, 2.05) is 36.7 Å². The molecule has 1 spiro atoms. The van der Waals surface area contributed by atoms with E-state index in [-0.39, 0.29) is 11.4 Å². The van der Waals surface area contributed by atoms with Crippen LogP contribution in [0, 0.1) is 0 Å². The Kier molecular flexibility index (Phi) is 4.71. The summed E-state index contributed by atoms with van der Waals surface area (Å²) in [4.78, 5) is 24.7. The lowest BCUT2D eigenvalue weighted by molar-refractivity contribution is 0.0827. The highest BCUT2D eigenvalue weighted by molar-refractivity contribution is 5.98. The molecule has 1 amide bonds. The van der Waals surface area contributed by atoms with E-state index in [0.29, 0.717) is 11.5 Å². The number of aromatic amines is 1. The molecular formula is C31H32N4O. The number of nitrogens with one attached hydrogen (secondary N) is 1. The Morgan fingerprint density at radius 3 is 2.64 bits per heavy atom. The average Bonchev–Trinajstić information content (AvgIpc) is 3.59. The van der Waals surface area contributed by atoms with Crippen molar-refractivity contribution in [2.45, 2.75) is 43.6 Å². The van der Waals surface area contributed by atoms with Crippen LogP contribution in [0.2, 0.25) is 0 Å². The van der Waals surface area contributed by atoms with Crippen LogP contribution in [-0.2, 0) is 12.0 Å². The summed E-state index contributed by atoms with van der Waals surface area (Å²) in [6.45, 7) is 1.21. The second kappa shape index (κ2) is 7.78. The maximum absolute atomic E-state index is 12.3. The van der Waals surface area contributed by atoms with Crippen LogP contribution in [0.1, 0.15) is 58.6 Å². The standard InChI is InChI=1S/C31H32N4O/c1-34(2)30(36)20-9-7-19(8-10-20)26-17-33-29-25(26)14-24(16-32-29)23-13-21-5-4-6-22-18-35(3)31(11-12-31)27(15-23)28(21)22/h7-10,13-17,22H,4-6,11-12,18H2,1-3H3,(H,32,33). The van der Waals surface area contributed by atoms with Gasteiger partial charge in [0, 0.05) is 60.6 Å². The topological polar surface area (TPSA) is 52.2 Å². The van der Waals surface area contributed by atoms with Gasteiger partial charge in [0.15, 0.2) is 0 Å². The fourth-order valence-electron chi connectivity index (χ4n) is 6.75. The Bertz CT molecular complexity index is 1510. The molecule has 2 aromatic heterocycles. The third kappa shape index (κ3) is 3.19. The molecule has 5 heteroatoms. The van der Waals surface area contributed by atoms with Gasteiger partial charge < -0.3 is 9.88 Å². The predicted molar refractivity (Wildman–Crippen MR) is 144 cm³/mol. The molecule has 0 radical (unpaired) electrons. The van der Waals surface area contributed by atoms with E-state index in [2.05, 4.69) is 35.1 Å². The summed E-state index contributed by atoms with van der Waals surface area (Å²) in [6, 6.07) is 15.1. The number of benzene rings is 2. The molecule has 182 valence electrons. The van der Waals surface area contributed by atoms with Crippen LogP contribution in [0.5, 0.6) is 0 Å². The molecule has 1 unspecified atom stereocenters. The van der Waals surface area contributed by atoms with Crippen molar-refractivity contribution in [3.05, 3.63) is 77.1 Å². The van der Waals surface area contributed by atoms with Crippen molar-refractivity contribution >= 4 is 16.9 Å². The number of carbonyl (C=O) groups is 1. The lowest BCUT2D eigenvalue weighted by Crippen LogP contribution is -2.42. The minimum Gasteiger partial charge on any atom is -0.346 e. The Morgan fingerprint density at radius 2 is 1.89 bits per heavy atom. The summed E-state index contributed by atoms with van der Waals surface area (Å²) < 4.78 is 0. The Hall–Kier alpha value is -3.44. The first-order valence-electron chi connectivity index (χ1n) is 13.1. The van der Waals surface area contributed by atoms with Crippen molar-refractivity contribution in [2.75, 3.05) is 27.7 Å². The summed E-state index contributed by atoms with van der Waals surface area (Å²) >= 11 is 0. The van der Waals surface area contributed by atoms with Gasteiger partial charge in [-0.15, -0.1) is 0 Å². The summed E-state index contributed by atoms with van der Waals surface area (Å²) in [7, 11) is 5.89. The molecule has 0 saturated heterocycles. The maximum atomic E-state index is 12.3. The number of fused-ring (bicyclic) bond motifs is 2. The molecule has 5 nitrogen and oxygen atoms in total. The Labute approximate surface area is 212 Å². The van der Waals surface area contributed by atoms with Crippen LogP contribution in [0.25, 0.3) is 33.3 Å². The van der Waals surface area contributed by atoms with Crippen molar-refractivity contribution < 1.29 is 4.79 Å². The highest BCUT2D eigenvalue weighted by Gasteiger charge is 2.53. The smallest absolute Gasteiger partial charge is 0.253 e. The van der Waals surface area contributed by atoms with Gasteiger partial charge in [-0.05, 0) is 97.2 Å². The van der Waals surface area contributed by atoms with E-state index in [1.165, 1.54) is 49.8 Å². The van der Waals surface area contributed by atoms with Gasteiger partial charge in [0.1, 0.15) is 5.65 Å². The highest BCUT2D eigenvalue weighted by atomic mass is 16.2. The molecule has 3 aliphatic rings. The molecule has 2 aromatic carbocycles. The van der Waals surface area contributed by atoms with Crippen LogP contribution in [-0.4, -0.2) is 53.4 Å². The van der Waals surface area contributed by atoms with Crippen molar-refractivity contribution in [3.8, 4) is 22.3 Å². The van der Waals surface area contributed by atoms with E-state index in [1.54, 1.807) is 35.7 Å². The first kappa shape index (κ1) is 21.8. The van der Waals surface area contributed by atoms with Crippen LogP contribution in [0.15, 0.2) is 54.9 Å². The quantitative estimate of drug-likeness (QED) is 0.397. The molecule has 1 N–H and O–H groups in total. The second-order valence-corrected chi connectivity index (χ2v) is 11.2. The number of carbonyl (C=O) groups excluding carboxylic acids is 1. The molecule has 4 aromatic rings. The maximum Gasteiger partial charge on any atom is 0.253 e. The predicted octanol–water partition coefficient (Wildman–Crippen LogP) is 5.95. The molecule has 3 heterocycles. The molecule has 2 aliphatic carbocycles. The van der Waals surface area contributed by atoms with Crippen LogP contribution < -0.4 is 0 Å². The van der Waals surface area contributed by atoms with Crippen molar-refractivity contribution in [1.82, 2.24) is 19.8 Å². The number of nitrogens with zero attached hydrogens (tertiary/aromatic N) is 3. The fourth-order valence-corrected chi connectivity index (χ4v) is 6.75. The third-order valence-electron chi connectivity index (χ3n) is 8.84. The monoisotopic (exact) mass is 476 g/mol. The van der Waals surface area contributed by atoms with Crippen LogP contribution >= 0.6 is 0 Å². The van der Waals surface area contributed by atoms with E-state index in [4.69, 9.17) is 4.98 Å². The van der Waals surface area contributed by atoms with E-state index < -0.39 is 0 Å². The molecule has 0 bridgehead atoms. The second-order valence-electron chi connectivity index (χ2n) is 11.2. The molecule has 1 saturated carbocycles. The van der Waals surface area contributed by atoms with E-state index >= 15 is 0 Å². The molecule has 1 atom stereocenters. The number of rotatable bonds is 3. The highest BCUT2D eigenvalue weighted by Crippen LogP contribution is 2.58. The van der Waals surface area contributed by atoms with Gasteiger partial charge in [-0.1, -0.05) is 18.2 Å². The molecule has 36 heavy (non-hydrogen) atoms. The lowest BCUT2D eigenvalue weighted by Gasteiger charge is -2.43.